The Morgan fingerprint density at radius 2 is 2.07 bits per heavy atom. The Morgan fingerprint density at radius 1 is 1.37 bits per heavy atom. The van der Waals surface area contributed by atoms with Crippen LogP contribution in [0, 0.1) is 5.41 Å². The summed E-state index contributed by atoms with van der Waals surface area (Å²) in [7, 11) is 1.60. The normalized spacial score (nSPS) is 17.6. The maximum atomic E-state index is 9.62. The Kier molecular flexibility index (Phi) is 8.09. The second-order valence-corrected chi connectivity index (χ2v) is 7.85. The van der Waals surface area contributed by atoms with Crippen LogP contribution in [0.25, 0.3) is 0 Å². The van der Waals surface area contributed by atoms with E-state index in [2.05, 4.69) is 61.8 Å². The molecule has 1 aliphatic rings. The van der Waals surface area contributed by atoms with Crippen LogP contribution in [-0.2, 0) is 0 Å². The van der Waals surface area contributed by atoms with Gasteiger partial charge in [0.1, 0.15) is 0 Å². The van der Waals surface area contributed by atoms with Crippen molar-refractivity contribution in [2.24, 2.45) is 10.4 Å². The lowest BCUT2D eigenvalue weighted by Crippen LogP contribution is -2.53. The molecule has 2 N–H and O–H groups in total. The van der Waals surface area contributed by atoms with Gasteiger partial charge in [0.15, 0.2) is 5.96 Å². The van der Waals surface area contributed by atoms with E-state index in [1.165, 1.54) is 0 Å². The standard InChI is InChI=1S/C18H31BrN6O2/c1-5-18(3,13-26)12-22-16(20-6-2)24-7-9-25(10-8-24)17-21-11-14(19)15(23-17)27-4/h11,26H,5-10,12-13H2,1-4H3,(H,20,22). The van der Waals surface area contributed by atoms with E-state index < -0.39 is 0 Å². The van der Waals surface area contributed by atoms with E-state index in [0.29, 0.717) is 18.4 Å². The Labute approximate surface area is 170 Å². The van der Waals surface area contributed by atoms with E-state index in [4.69, 9.17) is 9.73 Å². The molecular formula is C18H31BrN6O2. The third-order valence-electron chi connectivity index (χ3n) is 4.94. The highest BCUT2D eigenvalue weighted by Gasteiger charge is 2.24. The molecule has 1 aromatic rings. The smallest absolute Gasteiger partial charge is 0.232 e. The topological polar surface area (TPSA) is 86.1 Å². The van der Waals surface area contributed by atoms with Crippen molar-refractivity contribution in [2.45, 2.75) is 27.2 Å². The molecule has 27 heavy (non-hydrogen) atoms. The molecule has 9 heteroatoms. The summed E-state index contributed by atoms with van der Waals surface area (Å²) in [6.45, 7) is 11.1. The number of aliphatic imine (C=N–C) groups is 1. The van der Waals surface area contributed by atoms with E-state index in [-0.39, 0.29) is 12.0 Å². The minimum atomic E-state index is -0.176. The third kappa shape index (κ3) is 5.68. The first-order chi connectivity index (χ1) is 13.0. The second kappa shape index (κ2) is 10.1. The van der Waals surface area contributed by atoms with Gasteiger partial charge in [-0.2, -0.15) is 4.98 Å². The molecule has 2 rings (SSSR count). The summed E-state index contributed by atoms with van der Waals surface area (Å²) < 4.78 is 6.02. The molecule has 1 fully saturated rings. The third-order valence-corrected chi connectivity index (χ3v) is 5.48. The van der Waals surface area contributed by atoms with Gasteiger partial charge in [0.05, 0.1) is 30.9 Å². The summed E-state index contributed by atoms with van der Waals surface area (Å²) in [6, 6.07) is 0. The van der Waals surface area contributed by atoms with Crippen molar-refractivity contribution < 1.29 is 9.84 Å². The summed E-state index contributed by atoms with van der Waals surface area (Å²) in [6.07, 6.45) is 2.61. The van der Waals surface area contributed by atoms with Crippen LogP contribution in [-0.4, -0.2) is 78.9 Å². The molecule has 1 aliphatic heterocycles. The van der Waals surface area contributed by atoms with Crippen LogP contribution in [0.5, 0.6) is 5.88 Å². The number of piperazine rings is 1. The van der Waals surface area contributed by atoms with E-state index >= 15 is 0 Å². The molecule has 1 saturated heterocycles. The second-order valence-electron chi connectivity index (χ2n) is 6.99. The van der Waals surface area contributed by atoms with Gasteiger partial charge in [-0.1, -0.05) is 13.8 Å². The summed E-state index contributed by atoms with van der Waals surface area (Å²) in [5.74, 6) is 2.12. The van der Waals surface area contributed by atoms with Gasteiger partial charge in [-0.15, -0.1) is 0 Å². The zero-order valence-corrected chi connectivity index (χ0v) is 18.3. The Balaban J connectivity index is 2.03. The predicted octanol–water partition coefficient (Wildman–Crippen LogP) is 1.74. The molecule has 1 atom stereocenters. The number of aromatic nitrogens is 2. The molecule has 1 aromatic heterocycles. The summed E-state index contributed by atoms with van der Waals surface area (Å²) in [4.78, 5) is 18.1. The Morgan fingerprint density at radius 3 is 2.63 bits per heavy atom. The molecular weight excluding hydrogens is 412 g/mol. The minimum Gasteiger partial charge on any atom is -0.480 e. The maximum absolute atomic E-state index is 9.62. The highest BCUT2D eigenvalue weighted by atomic mass is 79.9. The average molecular weight is 443 g/mol. The molecule has 0 aromatic carbocycles. The average Bonchev–Trinajstić information content (AvgIpc) is 2.71. The fourth-order valence-electron chi connectivity index (χ4n) is 2.72. The zero-order valence-electron chi connectivity index (χ0n) is 16.7. The predicted molar refractivity (Wildman–Crippen MR) is 112 cm³/mol. The van der Waals surface area contributed by atoms with E-state index in [9.17, 15) is 5.11 Å². The molecule has 0 amide bonds. The van der Waals surface area contributed by atoms with Crippen LogP contribution in [0.3, 0.4) is 0 Å². The first-order valence-corrected chi connectivity index (χ1v) is 10.2. The molecule has 8 nitrogen and oxygen atoms in total. The van der Waals surface area contributed by atoms with Gasteiger partial charge in [0.2, 0.25) is 11.8 Å². The number of halogens is 1. The number of guanidine groups is 1. The molecule has 2 heterocycles. The molecule has 1 unspecified atom stereocenters. The van der Waals surface area contributed by atoms with Crippen molar-refractivity contribution >= 4 is 27.8 Å². The number of aliphatic hydroxyl groups excluding tert-OH is 1. The number of methoxy groups -OCH3 is 1. The SMILES string of the molecule is CCNC(=NCC(C)(CC)CO)N1CCN(c2ncc(Br)c(OC)n2)CC1. The number of rotatable bonds is 7. The lowest BCUT2D eigenvalue weighted by Gasteiger charge is -2.37. The Bertz CT molecular complexity index is 630. The quantitative estimate of drug-likeness (QED) is 0.491. The summed E-state index contributed by atoms with van der Waals surface area (Å²) >= 11 is 3.39. The monoisotopic (exact) mass is 442 g/mol. The number of ether oxygens (including phenoxy) is 1. The lowest BCUT2D eigenvalue weighted by molar-refractivity contribution is 0.145. The van der Waals surface area contributed by atoms with Crippen molar-refractivity contribution in [3.05, 3.63) is 10.7 Å². The molecule has 0 saturated carbocycles. The van der Waals surface area contributed by atoms with Crippen LogP contribution >= 0.6 is 15.9 Å². The van der Waals surface area contributed by atoms with Gasteiger partial charge in [-0.05, 0) is 29.3 Å². The number of hydrogen-bond acceptors (Lipinski definition) is 6. The van der Waals surface area contributed by atoms with E-state index in [0.717, 1.165) is 49.6 Å². The minimum absolute atomic E-state index is 0.142. The van der Waals surface area contributed by atoms with Gasteiger partial charge in [-0.25, -0.2) is 4.98 Å². The van der Waals surface area contributed by atoms with Crippen molar-refractivity contribution in [2.75, 3.05) is 57.9 Å². The largest absolute Gasteiger partial charge is 0.480 e. The number of anilines is 1. The van der Waals surface area contributed by atoms with Gasteiger partial charge in [0.25, 0.3) is 0 Å². The van der Waals surface area contributed by atoms with E-state index in [1.807, 2.05) is 0 Å². The van der Waals surface area contributed by atoms with Gasteiger partial charge in [0, 0.05) is 38.1 Å². The first kappa shape index (κ1) is 21.7. The van der Waals surface area contributed by atoms with Crippen LogP contribution in [0.1, 0.15) is 27.2 Å². The molecule has 0 bridgehead atoms. The number of nitrogens with zero attached hydrogens (tertiary/aromatic N) is 5. The van der Waals surface area contributed by atoms with Crippen molar-refractivity contribution in [1.82, 2.24) is 20.2 Å². The van der Waals surface area contributed by atoms with Crippen LogP contribution in [0.15, 0.2) is 15.7 Å². The highest BCUT2D eigenvalue weighted by molar-refractivity contribution is 9.10. The summed E-state index contributed by atoms with van der Waals surface area (Å²) in [5, 5.41) is 13.0. The number of nitrogens with one attached hydrogen (secondary N) is 1. The van der Waals surface area contributed by atoms with Crippen LogP contribution < -0.4 is 15.0 Å². The number of hydrogen-bond donors (Lipinski definition) is 2. The van der Waals surface area contributed by atoms with Crippen LogP contribution in [0.4, 0.5) is 5.95 Å². The Hall–Kier alpha value is -1.61. The van der Waals surface area contributed by atoms with Gasteiger partial charge < -0.3 is 25.0 Å². The zero-order chi connectivity index (χ0) is 19.9. The van der Waals surface area contributed by atoms with Crippen LogP contribution in [0.2, 0.25) is 0 Å². The van der Waals surface area contributed by atoms with Crippen molar-refractivity contribution in [1.29, 1.82) is 0 Å². The van der Waals surface area contributed by atoms with Gasteiger partial charge in [-0.3, -0.25) is 4.99 Å². The molecule has 0 radical (unpaired) electrons. The first-order valence-electron chi connectivity index (χ1n) is 9.42. The summed E-state index contributed by atoms with van der Waals surface area (Å²) in [5.41, 5.74) is -0.176. The highest BCUT2D eigenvalue weighted by Crippen LogP contribution is 2.24. The molecule has 152 valence electrons. The van der Waals surface area contributed by atoms with Gasteiger partial charge >= 0.3 is 0 Å². The maximum Gasteiger partial charge on any atom is 0.232 e. The lowest BCUT2D eigenvalue weighted by atomic mass is 9.89. The number of aliphatic hydroxyl groups is 1. The van der Waals surface area contributed by atoms with Crippen molar-refractivity contribution in [3.8, 4) is 5.88 Å². The van der Waals surface area contributed by atoms with E-state index in [1.54, 1.807) is 13.3 Å². The molecule has 0 spiro atoms. The fourth-order valence-corrected chi connectivity index (χ4v) is 3.07. The van der Waals surface area contributed by atoms with Crippen molar-refractivity contribution in [3.63, 3.8) is 0 Å². The fraction of sp³-hybridized carbons (Fsp3) is 0.722. The molecule has 0 aliphatic carbocycles.